The van der Waals surface area contributed by atoms with E-state index >= 15 is 0 Å². The first-order valence-electron chi connectivity index (χ1n) is 18.7. The third-order valence-electron chi connectivity index (χ3n) is 10.8. The molecule has 0 spiro atoms. The molecule has 0 radical (unpaired) electrons. The zero-order chi connectivity index (χ0) is 36.3. The standard InChI is InChI=1S/C52H33NOS/c1-2-10-34(11-3-1)37-12-8-13-43(31-37)53(42-28-24-36(25-29-42)44-16-9-17-47-46-15-5-7-19-51(46)55-52(44)47)41-26-22-35(23-27-41)38-20-21-39-33-50-48(32-40(39)30-38)45-14-4-6-18-49(45)54-50/h1-33H. The van der Waals surface area contributed by atoms with E-state index in [4.69, 9.17) is 4.42 Å². The van der Waals surface area contributed by atoms with Crippen LogP contribution in [0.15, 0.2) is 205 Å². The Morgan fingerprint density at radius 3 is 1.82 bits per heavy atom. The third kappa shape index (κ3) is 5.48. The van der Waals surface area contributed by atoms with Crippen LogP contribution in [0.25, 0.3) is 86.3 Å². The Balaban J connectivity index is 0.988. The Morgan fingerprint density at radius 2 is 0.982 bits per heavy atom. The fourth-order valence-electron chi connectivity index (χ4n) is 8.12. The number of thiophene rings is 1. The molecule has 2 heterocycles. The molecule has 2 aromatic heterocycles. The molecule has 9 aromatic carbocycles. The summed E-state index contributed by atoms with van der Waals surface area (Å²) in [6, 6.07) is 72.3. The Labute approximate surface area is 322 Å². The molecule has 0 saturated heterocycles. The molecule has 0 N–H and O–H groups in total. The topological polar surface area (TPSA) is 16.4 Å². The molecular formula is C52H33NOS. The van der Waals surface area contributed by atoms with Crippen molar-refractivity contribution in [3.05, 3.63) is 200 Å². The van der Waals surface area contributed by atoms with Gasteiger partial charge in [0.1, 0.15) is 11.2 Å². The van der Waals surface area contributed by atoms with Crippen LogP contribution in [0.3, 0.4) is 0 Å². The van der Waals surface area contributed by atoms with E-state index in [-0.39, 0.29) is 0 Å². The summed E-state index contributed by atoms with van der Waals surface area (Å²) in [4.78, 5) is 2.36. The van der Waals surface area contributed by atoms with Gasteiger partial charge >= 0.3 is 0 Å². The van der Waals surface area contributed by atoms with Gasteiger partial charge in [-0.25, -0.2) is 0 Å². The maximum Gasteiger partial charge on any atom is 0.136 e. The van der Waals surface area contributed by atoms with E-state index in [0.29, 0.717) is 0 Å². The molecule has 258 valence electrons. The van der Waals surface area contributed by atoms with Crippen LogP contribution in [0.2, 0.25) is 0 Å². The summed E-state index contributed by atoms with van der Waals surface area (Å²) < 4.78 is 8.82. The van der Waals surface area contributed by atoms with Crippen molar-refractivity contribution in [2.24, 2.45) is 0 Å². The summed E-state index contributed by atoms with van der Waals surface area (Å²) in [6.45, 7) is 0. The fourth-order valence-corrected chi connectivity index (χ4v) is 9.36. The van der Waals surface area contributed by atoms with Gasteiger partial charge in [-0.3, -0.25) is 0 Å². The third-order valence-corrected chi connectivity index (χ3v) is 12.1. The average molecular weight is 720 g/mol. The number of rotatable bonds is 6. The van der Waals surface area contributed by atoms with E-state index in [9.17, 15) is 0 Å². The molecule has 2 nitrogen and oxygen atoms in total. The van der Waals surface area contributed by atoms with Crippen LogP contribution in [-0.2, 0) is 0 Å². The summed E-state index contributed by atoms with van der Waals surface area (Å²) in [7, 11) is 0. The van der Waals surface area contributed by atoms with Crippen molar-refractivity contribution >= 4 is 81.3 Å². The second-order valence-corrected chi connectivity index (χ2v) is 15.2. The van der Waals surface area contributed by atoms with Crippen molar-refractivity contribution in [3.63, 3.8) is 0 Å². The van der Waals surface area contributed by atoms with Crippen molar-refractivity contribution < 1.29 is 4.42 Å². The van der Waals surface area contributed by atoms with Crippen LogP contribution < -0.4 is 4.90 Å². The number of benzene rings is 9. The van der Waals surface area contributed by atoms with Crippen LogP contribution in [0, 0.1) is 0 Å². The molecule has 0 saturated carbocycles. The molecule has 0 bridgehead atoms. The van der Waals surface area contributed by atoms with Gasteiger partial charge in [0.25, 0.3) is 0 Å². The van der Waals surface area contributed by atoms with Crippen molar-refractivity contribution in [1.29, 1.82) is 0 Å². The molecule has 11 aromatic rings. The highest BCUT2D eigenvalue weighted by Crippen LogP contribution is 2.42. The van der Waals surface area contributed by atoms with Gasteiger partial charge in [-0.15, -0.1) is 11.3 Å². The highest BCUT2D eigenvalue weighted by Gasteiger charge is 2.16. The van der Waals surface area contributed by atoms with Crippen molar-refractivity contribution in [3.8, 4) is 33.4 Å². The van der Waals surface area contributed by atoms with E-state index in [1.165, 1.54) is 64.3 Å². The molecule has 0 unspecified atom stereocenters. The molecular weight excluding hydrogens is 687 g/mol. The molecule has 0 fully saturated rings. The molecule has 3 heteroatoms. The Hall–Kier alpha value is -6.94. The quantitative estimate of drug-likeness (QED) is 0.170. The fraction of sp³-hybridized carbons (Fsp3) is 0. The predicted octanol–water partition coefficient (Wildman–Crippen LogP) is 15.6. The van der Waals surface area contributed by atoms with Crippen LogP contribution in [0.5, 0.6) is 0 Å². The Kier molecular flexibility index (Phi) is 7.39. The summed E-state index contributed by atoms with van der Waals surface area (Å²) in [5.74, 6) is 0. The minimum Gasteiger partial charge on any atom is -0.456 e. The maximum atomic E-state index is 6.17. The second-order valence-electron chi connectivity index (χ2n) is 14.1. The van der Waals surface area contributed by atoms with E-state index in [1.54, 1.807) is 0 Å². The Bertz CT molecular complexity index is 3190. The highest BCUT2D eigenvalue weighted by molar-refractivity contribution is 7.26. The summed E-state index contributed by atoms with van der Waals surface area (Å²) in [5.41, 5.74) is 12.4. The van der Waals surface area contributed by atoms with Gasteiger partial charge < -0.3 is 9.32 Å². The number of furan rings is 1. The lowest BCUT2D eigenvalue weighted by atomic mass is 9.99. The second kappa shape index (κ2) is 12.9. The largest absolute Gasteiger partial charge is 0.456 e. The molecule has 11 rings (SSSR count). The van der Waals surface area contributed by atoms with Crippen LogP contribution in [-0.4, -0.2) is 0 Å². The van der Waals surface area contributed by atoms with Crippen molar-refractivity contribution in [1.82, 2.24) is 0 Å². The first kappa shape index (κ1) is 31.6. The smallest absolute Gasteiger partial charge is 0.136 e. The highest BCUT2D eigenvalue weighted by atomic mass is 32.1. The van der Waals surface area contributed by atoms with Crippen LogP contribution in [0.4, 0.5) is 17.1 Å². The lowest BCUT2D eigenvalue weighted by Gasteiger charge is -2.26. The maximum absolute atomic E-state index is 6.17. The van der Waals surface area contributed by atoms with Gasteiger partial charge in [-0.1, -0.05) is 133 Å². The van der Waals surface area contributed by atoms with E-state index in [1.807, 2.05) is 23.5 Å². The minimum absolute atomic E-state index is 0.922. The Morgan fingerprint density at radius 1 is 0.345 bits per heavy atom. The number of para-hydroxylation sites is 1. The lowest BCUT2D eigenvalue weighted by molar-refractivity contribution is 0.669. The van der Waals surface area contributed by atoms with Gasteiger partial charge in [0.15, 0.2) is 0 Å². The van der Waals surface area contributed by atoms with Gasteiger partial charge in [0.05, 0.1) is 0 Å². The molecule has 0 aliphatic carbocycles. The van der Waals surface area contributed by atoms with Gasteiger partial charge in [0, 0.05) is 48.0 Å². The number of nitrogens with zero attached hydrogens (tertiary/aromatic N) is 1. The SMILES string of the molecule is c1ccc(-c2cccc(N(c3ccc(-c4ccc5cc6oc7ccccc7c6cc5c4)cc3)c3ccc(-c4cccc5c4sc4ccccc45)cc3)c2)cc1. The number of hydrogen-bond acceptors (Lipinski definition) is 3. The zero-order valence-electron chi connectivity index (χ0n) is 29.8. The average Bonchev–Trinajstić information content (AvgIpc) is 3.82. The molecule has 55 heavy (non-hydrogen) atoms. The number of anilines is 3. The van der Waals surface area contributed by atoms with Crippen LogP contribution >= 0.6 is 11.3 Å². The van der Waals surface area contributed by atoms with E-state index in [2.05, 4.69) is 193 Å². The first-order valence-corrected chi connectivity index (χ1v) is 19.5. The van der Waals surface area contributed by atoms with E-state index < -0.39 is 0 Å². The number of hydrogen-bond donors (Lipinski definition) is 0. The van der Waals surface area contributed by atoms with Crippen molar-refractivity contribution in [2.75, 3.05) is 4.90 Å². The normalized spacial score (nSPS) is 11.6. The molecule has 0 atom stereocenters. The monoisotopic (exact) mass is 719 g/mol. The molecule has 0 amide bonds. The number of fused-ring (bicyclic) bond motifs is 7. The van der Waals surface area contributed by atoms with Gasteiger partial charge in [0.2, 0.25) is 0 Å². The molecule has 0 aliphatic heterocycles. The van der Waals surface area contributed by atoms with Gasteiger partial charge in [-0.05, 0) is 111 Å². The van der Waals surface area contributed by atoms with Crippen LogP contribution in [0.1, 0.15) is 0 Å². The van der Waals surface area contributed by atoms with E-state index in [0.717, 1.165) is 39.0 Å². The zero-order valence-corrected chi connectivity index (χ0v) is 30.6. The first-order chi connectivity index (χ1) is 27.2. The van der Waals surface area contributed by atoms with Crippen molar-refractivity contribution in [2.45, 2.75) is 0 Å². The summed E-state index contributed by atoms with van der Waals surface area (Å²) in [5, 5.41) is 7.30. The summed E-state index contributed by atoms with van der Waals surface area (Å²) in [6.07, 6.45) is 0. The minimum atomic E-state index is 0.922. The van der Waals surface area contributed by atoms with Gasteiger partial charge in [-0.2, -0.15) is 0 Å². The predicted molar refractivity (Wildman–Crippen MR) is 235 cm³/mol. The summed E-state index contributed by atoms with van der Waals surface area (Å²) >= 11 is 1.87. The lowest BCUT2D eigenvalue weighted by Crippen LogP contribution is -2.10. The molecule has 0 aliphatic rings.